The Balaban J connectivity index is 2.22. The Hall–Kier alpha value is -0.220. The topological polar surface area (TPSA) is 32.3 Å². The number of nitrogens with one attached hydrogen (secondary N) is 1. The zero-order valence-electron chi connectivity index (χ0n) is 8.55. The van der Waals surface area contributed by atoms with Crippen molar-refractivity contribution >= 4 is 0 Å². The van der Waals surface area contributed by atoms with Crippen LogP contribution in [0.2, 0.25) is 0 Å². The minimum Gasteiger partial charge on any atom is -0.386 e. The molecule has 0 aromatic rings. The fourth-order valence-electron chi connectivity index (χ4n) is 1.98. The van der Waals surface area contributed by atoms with Crippen LogP contribution >= 0.6 is 0 Å². The lowest BCUT2D eigenvalue weighted by Crippen LogP contribution is -2.42. The molecule has 0 amide bonds. The van der Waals surface area contributed by atoms with Gasteiger partial charge in [-0.1, -0.05) is 19.8 Å². The molecule has 0 spiro atoms. The lowest BCUT2D eigenvalue weighted by atomic mass is 9.86. The van der Waals surface area contributed by atoms with Gasteiger partial charge in [0.1, 0.15) is 6.10 Å². The van der Waals surface area contributed by atoms with Gasteiger partial charge >= 0.3 is 0 Å². The maximum Gasteiger partial charge on any atom is 0.265 e. The molecule has 2 N–H and O–H groups in total. The van der Waals surface area contributed by atoms with Gasteiger partial charge in [-0.3, -0.25) is 0 Å². The quantitative estimate of drug-likeness (QED) is 0.736. The molecule has 1 aliphatic rings. The van der Waals surface area contributed by atoms with Crippen LogP contribution in [-0.2, 0) is 0 Å². The Morgan fingerprint density at radius 3 is 2.57 bits per heavy atom. The third kappa shape index (κ3) is 3.50. The second-order valence-electron chi connectivity index (χ2n) is 4.18. The molecule has 0 aromatic carbocycles. The van der Waals surface area contributed by atoms with Crippen molar-refractivity contribution in [3.63, 3.8) is 0 Å². The predicted molar refractivity (Wildman–Crippen MR) is 51.4 cm³/mol. The van der Waals surface area contributed by atoms with E-state index >= 15 is 0 Å². The van der Waals surface area contributed by atoms with Crippen LogP contribution in [0.3, 0.4) is 0 Å². The average Bonchev–Trinajstić information content (AvgIpc) is 2.16. The molecule has 0 heterocycles. The first-order chi connectivity index (χ1) is 6.61. The van der Waals surface area contributed by atoms with Crippen LogP contribution in [0.4, 0.5) is 8.78 Å². The van der Waals surface area contributed by atoms with E-state index in [1.807, 2.05) is 0 Å². The Labute approximate surface area is 83.7 Å². The number of rotatable bonds is 4. The van der Waals surface area contributed by atoms with Gasteiger partial charge in [-0.2, -0.15) is 0 Å². The molecule has 0 saturated heterocycles. The highest BCUT2D eigenvalue weighted by molar-refractivity contribution is 4.79. The highest BCUT2D eigenvalue weighted by Gasteiger charge is 2.23. The molecule has 0 bridgehead atoms. The van der Waals surface area contributed by atoms with Crippen LogP contribution in [0.25, 0.3) is 0 Å². The third-order valence-corrected chi connectivity index (χ3v) is 2.99. The molecule has 0 aromatic heterocycles. The van der Waals surface area contributed by atoms with Crippen molar-refractivity contribution in [1.82, 2.24) is 5.32 Å². The van der Waals surface area contributed by atoms with Crippen LogP contribution in [0, 0.1) is 5.92 Å². The maximum absolute atomic E-state index is 12.0. The van der Waals surface area contributed by atoms with Crippen LogP contribution in [-0.4, -0.2) is 30.2 Å². The van der Waals surface area contributed by atoms with Crippen molar-refractivity contribution in [2.45, 2.75) is 51.2 Å². The fourth-order valence-corrected chi connectivity index (χ4v) is 1.98. The summed E-state index contributed by atoms with van der Waals surface area (Å²) < 4.78 is 24.0. The van der Waals surface area contributed by atoms with E-state index in [-0.39, 0.29) is 6.54 Å². The Bertz CT molecular complexity index is 166. The fraction of sp³-hybridized carbons (Fsp3) is 1.00. The first-order valence-corrected chi connectivity index (χ1v) is 5.31. The summed E-state index contributed by atoms with van der Waals surface area (Å²) in [7, 11) is 0. The van der Waals surface area contributed by atoms with Gasteiger partial charge in [0.05, 0.1) is 0 Å². The summed E-state index contributed by atoms with van der Waals surface area (Å²) in [5.41, 5.74) is 0. The number of hydrogen-bond donors (Lipinski definition) is 2. The molecule has 1 rings (SSSR count). The van der Waals surface area contributed by atoms with Crippen LogP contribution in [0.1, 0.15) is 32.6 Å². The molecular formula is C10H19F2NO. The summed E-state index contributed by atoms with van der Waals surface area (Å²) >= 11 is 0. The Morgan fingerprint density at radius 2 is 2.00 bits per heavy atom. The molecule has 2 nitrogen and oxygen atoms in total. The van der Waals surface area contributed by atoms with Gasteiger partial charge in [0.15, 0.2) is 0 Å². The van der Waals surface area contributed by atoms with E-state index in [0.29, 0.717) is 12.0 Å². The summed E-state index contributed by atoms with van der Waals surface area (Å²) in [6.45, 7) is 2.14. The Kier molecular flexibility index (Phi) is 4.75. The predicted octanol–water partition coefficient (Wildman–Crippen LogP) is 1.78. The lowest BCUT2D eigenvalue weighted by Gasteiger charge is -2.30. The maximum atomic E-state index is 12.0. The van der Waals surface area contributed by atoms with E-state index in [0.717, 1.165) is 19.3 Å². The van der Waals surface area contributed by atoms with Crippen molar-refractivity contribution in [3.8, 4) is 0 Å². The summed E-state index contributed by atoms with van der Waals surface area (Å²) in [5.74, 6) is 0.536. The van der Waals surface area contributed by atoms with E-state index in [4.69, 9.17) is 5.11 Å². The van der Waals surface area contributed by atoms with Crippen molar-refractivity contribution in [2.24, 2.45) is 5.92 Å². The van der Waals surface area contributed by atoms with Gasteiger partial charge < -0.3 is 10.4 Å². The van der Waals surface area contributed by atoms with Gasteiger partial charge in [-0.25, -0.2) is 8.78 Å². The standard InChI is InChI=1S/C10H19F2NO/c1-7-4-2-3-5-8(7)13-6-9(14)10(11)12/h7-10,13-14H,2-6H2,1H3. The molecule has 1 fully saturated rings. The third-order valence-electron chi connectivity index (χ3n) is 2.99. The number of aliphatic hydroxyl groups excluding tert-OH is 1. The van der Waals surface area contributed by atoms with E-state index < -0.39 is 12.5 Å². The monoisotopic (exact) mass is 207 g/mol. The molecule has 84 valence electrons. The largest absolute Gasteiger partial charge is 0.386 e. The normalized spacial score (nSPS) is 30.6. The summed E-state index contributed by atoms with van der Waals surface area (Å²) in [4.78, 5) is 0. The first-order valence-electron chi connectivity index (χ1n) is 5.31. The molecule has 0 aliphatic heterocycles. The van der Waals surface area contributed by atoms with Gasteiger partial charge in [0.2, 0.25) is 0 Å². The molecule has 14 heavy (non-hydrogen) atoms. The minimum atomic E-state index is -2.64. The molecular weight excluding hydrogens is 188 g/mol. The highest BCUT2D eigenvalue weighted by atomic mass is 19.3. The van der Waals surface area contributed by atoms with Gasteiger partial charge in [-0.05, 0) is 18.8 Å². The van der Waals surface area contributed by atoms with E-state index in [2.05, 4.69) is 12.2 Å². The Morgan fingerprint density at radius 1 is 1.36 bits per heavy atom. The molecule has 1 saturated carbocycles. The van der Waals surface area contributed by atoms with Crippen LogP contribution < -0.4 is 5.32 Å². The number of halogens is 2. The van der Waals surface area contributed by atoms with Gasteiger partial charge in [-0.15, -0.1) is 0 Å². The summed E-state index contributed by atoms with van der Waals surface area (Å²) in [5, 5.41) is 12.0. The minimum absolute atomic E-state index is 0.00662. The van der Waals surface area contributed by atoms with Crippen molar-refractivity contribution in [2.75, 3.05) is 6.54 Å². The number of hydrogen-bond acceptors (Lipinski definition) is 2. The van der Waals surface area contributed by atoms with Crippen molar-refractivity contribution in [3.05, 3.63) is 0 Å². The zero-order valence-corrected chi connectivity index (χ0v) is 8.55. The first kappa shape index (κ1) is 11.9. The van der Waals surface area contributed by atoms with Crippen LogP contribution in [0.15, 0.2) is 0 Å². The molecule has 3 unspecified atom stereocenters. The molecule has 3 atom stereocenters. The SMILES string of the molecule is CC1CCCCC1NCC(O)C(F)F. The van der Waals surface area contributed by atoms with E-state index in [1.165, 1.54) is 6.42 Å². The molecule has 1 aliphatic carbocycles. The molecule has 4 heteroatoms. The van der Waals surface area contributed by atoms with Crippen molar-refractivity contribution in [1.29, 1.82) is 0 Å². The summed E-state index contributed by atoms with van der Waals surface area (Å²) in [6, 6.07) is 0.303. The zero-order chi connectivity index (χ0) is 10.6. The highest BCUT2D eigenvalue weighted by Crippen LogP contribution is 2.23. The number of alkyl halides is 2. The van der Waals surface area contributed by atoms with Crippen molar-refractivity contribution < 1.29 is 13.9 Å². The number of aliphatic hydroxyl groups is 1. The second-order valence-corrected chi connectivity index (χ2v) is 4.18. The van der Waals surface area contributed by atoms with Gasteiger partial charge in [0.25, 0.3) is 6.43 Å². The molecule has 0 radical (unpaired) electrons. The summed E-state index contributed by atoms with van der Waals surface area (Å²) in [6.07, 6.45) is 0.425. The second kappa shape index (κ2) is 5.61. The van der Waals surface area contributed by atoms with Gasteiger partial charge in [0, 0.05) is 12.6 Å². The average molecular weight is 207 g/mol. The van der Waals surface area contributed by atoms with E-state index in [9.17, 15) is 8.78 Å². The smallest absolute Gasteiger partial charge is 0.265 e. The lowest BCUT2D eigenvalue weighted by molar-refractivity contribution is -0.00615. The van der Waals surface area contributed by atoms with Crippen LogP contribution in [0.5, 0.6) is 0 Å². The van der Waals surface area contributed by atoms with E-state index in [1.54, 1.807) is 0 Å².